The summed E-state index contributed by atoms with van der Waals surface area (Å²) >= 11 is 0. The van der Waals surface area contributed by atoms with Crippen LogP contribution in [-0.4, -0.2) is 142 Å². The molecule has 2 aliphatic heterocycles. The third-order valence-corrected chi connectivity index (χ3v) is 10.0. The summed E-state index contributed by atoms with van der Waals surface area (Å²) in [6.07, 6.45) is 19.6. The van der Waals surface area contributed by atoms with Gasteiger partial charge in [-0.3, -0.25) is 9.59 Å². The van der Waals surface area contributed by atoms with E-state index in [-0.39, 0.29) is 19.4 Å². The zero-order valence-electron chi connectivity index (χ0n) is 36.1. The first kappa shape index (κ1) is 54.1. The maximum absolute atomic E-state index is 12.9. The van der Waals surface area contributed by atoms with E-state index >= 15 is 0 Å². The molecule has 0 amide bonds. The Hall–Kier alpha value is -3.06. The minimum atomic E-state index is -1.78. The Kier molecular flexibility index (Phi) is 29.7. The number of allylic oxidation sites excluding steroid dienone is 12. The van der Waals surface area contributed by atoms with E-state index in [1.165, 1.54) is 19.3 Å². The van der Waals surface area contributed by atoms with Gasteiger partial charge in [0, 0.05) is 12.8 Å². The molecule has 2 heterocycles. The molecule has 348 valence electrons. The summed E-state index contributed by atoms with van der Waals surface area (Å²) in [5.41, 5.74) is 0. The minimum absolute atomic E-state index is 0.0634. The average Bonchev–Trinajstić information content (AvgIpc) is 3.25. The van der Waals surface area contributed by atoms with Gasteiger partial charge in [0.15, 0.2) is 18.7 Å². The van der Waals surface area contributed by atoms with Crippen molar-refractivity contribution < 1.29 is 73.8 Å². The first-order valence-corrected chi connectivity index (χ1v) is 22.1. The highest BCUT2D eigenvalue weighted by molar-refractivity contribution is 5.70. The number of hydrogen-bond donors (Lipinski definition) is 7. The second-order valence-corrected chi connectivity index (χ2v) is 15.3. The average molecular weight is 867 g/mol. The second kappa shape index (κ2) is 33.5. The Labute approximate surface area is 362 Å². The number of aliphatic hydroxyl groups is 7. The zero-order chi connectivity index (χ0) is 44.7. The van der Waals surface area contributed by atoms with E-state index in [1.807, 2.05) is 54.7 Å². The van der Waals surface area contributed by atoms with Crippen LogP contribution in [0.4, 0.5) is 0 Å². The van der Waals surface area contributed by atoms with Gasteiger partial charge in [0.2, 0.25) is 0 Å². The molecule has 0 aromatic rings. The van der Waals surface area contributed by atoms with Crippen LogP contribution in [0.3, 0.4) is 0 Å². The molecule has 0 bridgehead atoms. The molecule has 2 aliphatic rings. The van der Waals surface area contributed by atoms with Crippen LogP contribution in [0.5, 0.6) is 0 Å². The minimum Gasteiger partial charge on any atom is -0.462 e. The SMILES string of the molecule is CC/C=C/C=C/C=C/C=C/C=C/CCCC(=O)OC(COC(=O)CCCCCCC/C=C/CCCCC)CO[C@@H]1O[C@H](CO[C@@H]2O[C@H](CO)[C@H](O)C(O)C2O)[C@H](O)C(O)C1O. The number of esters is 2. The van der Waals surface area contributed by atoms with Crippen molar-refractivity contribution >= 4 is 11.9 Å². The number of aliphatic hydroxyl groups excluding tert-OH is 7. The van der Waals surface area contributed by atoms with Crippen molar-refractivity contribution in [2.45, 2.75) is 178 Å². The van der Waals surface area contributed by atoms with Gasteiger partial charge in [-0.2, -0.15) is 0 Å². The summed E-state index contributed by atoms with van der Waals surface area (Å²) in [6.45, 7) is 2.28. The fourth-order valence-corrected chi connectivity index (χ4v) is 6.36. The first-order chi connectivity index (χ1) is 29.5. The molecule has 15 heteroatoms. The lowest BCUT2D eigenvalue weighted by atomic mass is 9.98. The van der Waals surface area contributed by atoms with E-state index in [4.69, 9.17) is 28.4 Å². The number of ether oxygens (including phenoxy) is 6. The van der Waals surface area contributed by atoms with Crippen LogP contribution in [0.2, 0.25) is 0 Å². The summed E-state index contributed by atoms with van der Waals surface area (Å²) in [5, 5.41) is 71.8. The van der Waals surface area contributed by atoms with Gasteiger partial charge >= 0.3 is 11.9 Å². The summed E-state index contributed by atoms with van der Waals surface area (Å²) in [6, 6.07) is 0. The monoisotopic (exact) mass is 867 g/mol. The van der Waals surface area contributed by atoms with Gasteiger partial charge in [-0.15, -0.1) is 0 Å². The Morgan fingerprint density at radius 2 is 1.07 bits per heavy atom. The van der Waals surface area contributed by atoms with Crippen molar-refractivity contribution in [3.8, 4) is 0 Å². The van der Waals surface area contributed by atoms with Crippen LogP contribution in [0.15, 0.2) is 72.9 Å². The maximum Gasteiger partial charge on any atom is 0.306 e. The van der Waals surface area contributed by atoms with Gasteiger partial charge in [-0.1, -0.05) is 119 Å². The Bertz CT molecular complexity index is 1340. The number of carbonyl (C=O) groups excluding carboxylic acids is 2. The smallest absolute Gasteiger partial charge is 0.306 e. The van der Waals surface area contributed by atoms with E-state index < -0.39 is 99.3 Å². The molecule has 0 aliphatic carbocycles. The van der Waals surface area contributed by atoms with Crippen LogP contribution in [0.1, 0.15) is 110 Å². The summed E-state index contributed by atoms with van der Waals surface area (Å²) in [5.74, 6) is -1.03. The molecule has 5 unspecified atom stereocenters. The Morgan fingerprint density at radius 3 is 1.70 bits per heavy atom. The fourth-order valence-electron chi connectivity index (χ4n) is 6.36. The summed E-state index contributed by atoms with van der Waals surface area (Å²) in [4.78, 5) is 25.5. The lowest BCUT2D eigenvalue weighted by Crippen LogP contribution is -2.61. The Balaban J connectivity index is 1.92. The van der Waals surface area contributed by atoms with E-state index in [0.717, 1.165) is 44.9 Å². The van der Waals surface area contributed by atoms with Crippen LogP contribution < -0.4 is 0 Å². The molecule has 2 rings (SSSR count). The van der Waals surface area contributed by atoms with Crippen LogP contribution in [-0.2, 0) is 38.0 Å². The van der Waals surface area contributed by atoms with Crippen molar-refractivity contribution in [1.29, 1.82) is 0 Å². The lowest BCUT2D eigenvalue weighted by Gasteiger charge is -2.42. The van der Waals surface area contributed by atoms with Crippen molar-refractivity contribution in [3.05, 3.63) is 72.9 Å². The van der Waals surface area contributed by atoms with Crippen LogP contribution >= 0.6 is 0 Å². The largest absolute Gasteiger partial charge is 0.462 e. The highest BCUT2D eigenvalue weighted by Gasteiger charge is 2.47. The highest BCUT2D eigenvalue weighted by Crippen LogP contribution is 2.26. The highest BCUT2D eigenvalue weighted by atomic mass is 16.7. The Morgan fingerprint density at radius 1 is 0.541 bits per heavy atom. The quantitative estimate of drug-likeness (QED) is 0.0223. The molecule has 15 nitrogen and oxygen atoms in total. The number of hydrogen-bond acceptors (Lipinski definition) is 15. The molecule has 2 fully saturated rings. The predicted molar refractivity (Wildman–Crippen MR) is 229 cm³/mol. The van der Waals surface area contributed by atoms with E-state index in [1.54, 1.807) is 0 Å². The number of carbonyl (C=O) groups is 2. The molecule has 7 N–H and O–H groups in total. The standard InChI is InChI=1S/C46H74O15/c1-3-5-7-9-11-13-15-17-19-21-23-25-27-29-38(49)59-34(31-56-37(48)28-26-24-22-20-18-16-14-12-10-8-6-4-2)32-57-45-44(55)42(53)40(51)36(61-45)33-58-46-43(54)41(52)39(50)35(30-47)60-46/h5,7,9,11-15,17,19,21,23,34-36,39-47,50-55H,3-4,6,8,10,16,18,20,22,24-33H2,1-2H3/b7-5+,11-9+,14-12+,15-13+,19-17+,23-21+/t34?,35-,36-,39+,40+,41?,42?,43?,44?,45-,46-/m1/s1. The van der Waals surface area contributed by atoms with Gasteiger partial charge in [-0.25, -0.2) is 0 Å². The molecule has 2 saturated heterocycles. The zero-order valence-corrected chi connectivity index (χ0v) is 36.1. The normalized spacial score (nSPS) is 28.0. The fraction of sp³-hybridized carbons (Fsp3) is 0.696. The third-order valence-electron chi connectivity index (χ3n) is 10.0. The van der Waals surface area contributed by atoms with Gasteiger partial charge in [0.05, 0.1) is 19.8 Å². The van der Waals surface area contributed by atoms with Gasteiger partial charge < -0.3 is 64.2 Å². The molecule has 0 radical (unpaired) electrons. The van der Waals surface area contributed by atoms with Crippen molar-refractivity contribution in [1.82, 2.24) is 0 Å². The second-order valence-electron chi connectivity index (χ2n) is 15.3. The lowest BCUT2D eigenvalue weighted by molar-refractivity contribution is -0.332. The topological polar surface area (TPSA) is 231 Å². The van der Waals surface area contributed by atoms with E-state index in [0.29, 0.717) is 19.3 Å². The van der Waals surface area contributed by atoms with Crippen molar-refractivity contribution in [2.75, 3.05) is 26.4 Å². The first-order valence-electron chi connectivity index (χ1n) is 22.1. The van der Waals surface area contributed by atoms with Crippen LogP contribution in [0.25, 0.3) is 0 Å². The molecular weight excluding hydrogens is 792 g/mol. The molecule has 61 heavy (non-hydrogen) atoms. The molecule has 0 aromatic heterocycles. The van der Waals surface area contributed by atoms with E-state index in [9.17, 15) is 45.3 Å². The van der Waals surface area contributed by atoms with Crippen molar-refractivity contribution in [3.63, 3.8) is 0 Å². The number of unbranched alkanes of at least 4 members (excludes halogenated alkanes) is 9. The molecular formula is C46H74O15. The molecule has 0 saturated carbocycles. The van der Waals surface area contributed by atoms with Gasteiger partial charge in [-0.05, 0) is 51.4 Å². The maximum atomic E-state index is 12.9. The van der Waals surface area contributed by atoms with Gasteiger partial charge in [0.1, 0.15) is 55.4 Å². The molecule has 0 aromatic carbocycles. The van der Waals surface area contributed by atoms with Crippen molar-refractivity contribution in [2.24, 2.45) is 0 Å². The van der Waals surface area contributed by atoms with Crippen LogP contribution in [0, 0.1) is 0 Å². The summed E-state index contributed by atoms with van der Waals surface area (Å²) < 4.78 is 33.3. The molecule has 0 spiro atoms. The summed E-state index contributed by atoms with van der Waals surface area (Å²) in [7, 11) is 0. The number of rotatable bonds is 31. The third kappa shape index (κ3) is 22.7. The van der Waals surface area contributed by atoms with Gasteiger partial charge in [0.25, 0.3) is 0 Å². The molecule has 11 atom stereocenters. The van der Waals surface area contributed by atoms with E-state index in [2.05, 4.69) is 32.1 Å². The predicted octanol–water partition coefficient (Wildman–Crippen LogP) is 4.31.